The summed E-state index contributed by atoms with van der Waals surface area (Å²) in [6, 6.07) is -0.169. The third-order valence-corrected chi connectivity index (χ3v) is 2.68. The first-order valence-electron chi connectivity index (χ1n) is 5.98. The SMILES string of the molecule is COCCCC(Nc1cc(F)cc(F)c1[N+](=O)[O-])C(=O)O. The van der Waals surface area contributed by atoms with Crippen molar-refractivity contribution in [3.8, 4) is 0 Å². The van der Waals surface area contributed by atoms with Gasteiger partial charge in [-0.15, -0.1) is 0 Å². The second-order valence-electron chi connectivity index (χ2n) is 4.21. The van der Waals surface area contributed by atoms with E-state index in [0.717, 1.165) is 0 Å². The molecule has 1 rings (SSSR count). The first kappa shape index (κ1) is 16.8. The Labute approximate surface area is 118 Å². The van der Waals surface area contributed by atoms with E-state index >= 15 is 0 Å². The van der Waals surface area contributed by atoms with Gasteiger partial charge in [-0.05, 0) is 12.8 Å². The minimum Gasteiger partial charge on any atom is -0.480 e. The number of nitrogens with zero attached hydrogens (tertiary/aromatic N) is 1. The van der Waals surface area contributed by atoms with Gasteiger partial charge in [0.2, 0.25) is 5.82 Å². The smallest absolute Gasteiger partial charge is 0.327 e. The van der Waals surface area contributed by atoms with Crippen LogP contribution in [0.1, 0.15) is 12.8 Å². The van der Waals surface area contributed by atoms with Gasteiger partial charge in [0.15, 0.2) is 0 Å². The molecule has 0 spiro atoms. The maximum atomic E-state index is 13.4. The lowest BCUT2D eigenvalue weighted by atomic mass is 10.1. The molecule has 0 radical (unpaired) electrons. The van der Waals surface area contributed by atoms with Gasteiger partial charge < -0.3 is 15.2 Å². The molecule has 116 valence electrons. The van der Waals surface area contributed by atoms with Gasteiger partial charge in [-0.25, -0.2) is 9.18 Å². The van der Waals surface area contributed by atoms with E-state index in [1.807, 2.05) is 0 Å². The maximum Gasteiger partial charge on any atom is 0.327 e. The summed E-state index contributed by atoms with van der Waals surface area (Å²) in [5.74, 6) is -3.70. The number of halogens is 2. The van der Waals surface area contributed by atoms with Crippen molar-refractivity contribution in [2.75, 3.05) is 19.0 Å². The molecule has 0 aromatic heterocycles. The normalized spacial score (nSPS) is 12.0. The molecule has 0 aliphatic rings. The Bertz CT molecular complexity index is 539. The fourth-order valence-corrected chi connectivity index (χ4v) is 1.74. The number of ether oxygens (including phenoxy) is 1. The van der Waals surface area contributed by atoms with Crippen LogP contribution in [-0.4, -0.2) is 35.8 Å². The highest BCUT2D eigenvalue weighted by molar-refractivity contribution is 5.79. The molecule has 1 aromatic rings. The minimum absolute atomic E-state index is 0.0818. The monoisotopic (exact) mass is 304 g/mol. The van der Waals surface area contributed by atoms with Crippen molar-refractivity contribution in [1.29, 1.82) is 0 Å². The van der Waals surface area contributed by atoms with Crippen LogP contribution in [0.2, 0.25) is 0 Å². The molecular weight excluding hydrogens is 290 g/mol. The number of hydrogen-bond donors (Lipinski definition) is 2. The Morgan fingerprint density at radius 2 is 2.19 bits per heavy atom. The zero-order valence-electron chi connectivity index (χ0n) is 11.1. The Balaban J connectivity index is 3.02. The lowest BCUT2D eigenvalue weighted by molar-refractivity contribution is -0.386. The predicted molar refractivity (Wildman–Crippen MR) is 69.2 cm³/mol. The van der Waals surface area contributed by atoms with Gasteiger partial charge in [0, 0.05) is 25.8 Å². The Hall–Kier alpha value is -2.29. The zero-order valence-corrected chi connectivity index (χ0v) is 11.1. The third kappa shape index (κ3) is 4.63. The van der Waals surface area contributed by atoms with Crippen molar-refractivity contribution in [3.05, 3.63) is 33.9 Å². The fraction of sp³-hybridized carbons (Fsp3) is 0.417. The second-order valence-corrected chi connectivity index (χ2v) is 4.21. The van der Waals surface area contributed by atoms with Crippen LogP contribution < -0.4 is 5.32 Å². The number of nitro benzene ring substituents is 1. The first-order valence-corrected chi connectivity index (χ1v) is 5.98. The summed E-state index contributed by atoms with van der Waals surface area (Å²) in [4.78, 5) is 20.9. The molecule has 2 N–H and O–H groups in total. The average Bonchev–Trinajstić information content (AvgIpc) is 2.36. The number of nitrogens with one attached hydrogen (secondary N) is 1. The third-order valence-electron chi connectivity index (χ3n) is 2.68. The number of carboxylic acids is 1. The van der Waals surface area contributed by atoms with Gasteiger partial charge in [-0.1, -0.05) is 0 Å². The molecule has 1 aromatic carbocycles. The van der Waals surface area contributed by atoms with Crippen LogP contribution in [0.25, 0.3) is 0 Å². The second kappa shape index (κ2) is 7.48. The molecule has 0 heterocycles. The van der Waals surface area contributed by atoms with Gasteiger partial charge in [0.05, 0.1) is 4.92 Å². The quantitative estimate of drug-likeness (QED) is 0.433. The number of carbonyl (C=O) groups is 1. The van der Waals surface area contributed by atoms with Gasteiger partial charge in [0.25, 0.3) is 0 Å². The molecule has 0 fully saturated rings. The molecule has 0 saturated heterocycles. The number of methoxy groups -OCH3 is 1. The fourth-order valence-electron chi connectivity index (χ4n) is 1.74. The van der Waals surface area contributed by atoms with Crippen molar-refractivity contribution in [3.63, 3.8) is 0 Å². The summed E-state index contributed by atoms with van der Waals surface area (Å²) < 4.78 is 31.4. The number of anilines is 1. The van der Waals surface area contributed by atoms with E-state index in [1.54, 1.807) is 0 Å². The number of aliphatic carboxylic acids is 1. The largest absolute Gasteiger partial charge is 0.480 e. The zero-order chi connectivity index (χ0) is 16.0. The standard InChI is InChI=1S/C12H14F2N2O5/c1-21-4-2-3-9(12(17)18)15-10-6-7(13)5-8(14)11(10)16(19)20/h5-6,9,15H,2-4H2,1H3,(H,17,18). The summed E-state index contributed by atoms with van der Waals surface area (Å²) in [7, 11) is 1.44. The van der Waals surface area contributed by atoms with Crippen LogP contribution >= 0.6 is 0 Å². The van der Waals surface area contributed by atoms with E-state index in [9.17, 15) is 23.7 Å². The Kier molecular flexibility index (Phi) is 5.97. The van der Waals surface area contributed by atoms with Crippen molar-refractivity contribution in [2.24, 2.45) is 0 Å². The molecule has 0 aliphatic heterocycles. The van der Waals surface area contributed by atoms with Crippen molar-refractivity contribution in [2.45, 2.75) is 18.9 Å². The predicted octanol–water partition coefficient (Wildman–Crippen LogP) is 2.16. The summed E-state index contributed by atoms with van der Waals surface area (Å²) in [5.41, 5.74) is -1.50. The van der Waals surface area contributed by atoms with E-state index < -0.39 is 39.9 Å². The van der Waals surface area contributed by atoms with Gasteiger partial charge in [0.1, 0.15) is 17.5 Å². The molecule has 21 heavy (non-hydrogen) atoms. The van der Waals surface area contributed by atoms with Gasteiger partial charge in [-0.2, -0.15) is 4.39 Å². The summed E-state index contributed by atoms with van der Waals surface area (Å²) in [6.45, 7) is 0.297. The highest BCUT2D eigenvalue weighted by Crippen LogP contribution is 2.29. The Morgan fingerprint density at radius 3 is 2.71 bits per heavy atom. The van der Waals surface area contributed by atoms with Crippen molar-refractivity contribution in [1.82, 2.24) is 0 Å². The van der Waals surface area contributed by atoms with E-state index in [4.69, 9.17) is 9.84 Å². The molecule has 0 amide bonds. The highest BCUT2D eigenvalue weighted by Gasteiger charge is 2.26. The topological polar surface area (TPSA) is 102 Å². The molecule has 0 bridgehead atoms. The number of carboxylic acid groups (broad SMARTS) is 1. The van der Waals surface area contributed by atoms with Crippen LogP contribution in [0, 0.1) is 21.7 Å². The van der Waals surface area contributed by atoms with E-state index in [1.165, 1.54) is 7.11 Å². The summed E-state index contributed by atoms with van der Waals surface area (Å²) in [6.07, 6.45) is 0.449. The van der Waals surface area contributed by atoms with Crippen LogP contribution in [0.4, 0.5) is 20.2 Å². The molecular formula is C12H14F2N2O5. The first-order chi connectivity index (χ1) is 9.86. The van der Waals surface area contributed by atoms with E-state index in [0.29, 0.717) is 25.2 Å². The molecule has 7 nitrogen and oxygen atoms in total. The summed E-state index contributed by atoms with van der Waals surface area (Å²) in [5, 5.41) is 22.1. The number of rotatable bonds is 8. The average molecular weight is 304 g/mol. The highest BCUT2D eigenvalue weighted by atomic mass is 19.1. The van der Waals surface area contributed by atoms with Crippen molar-refractivity contribution >= 4 is 17.3 Å². The lowest BCUT2D eigenvalue weighted by Crippen LogP contribution is -2.30. The number of benzene rings is 1. The maximum absolute atomic E-state index is 13.4. The van der Waals surface area contributed by atoms with E-state index in [2.05, 4.69) is 5.32 Å². The van der Waals surface area contributed by atoms with Gasteiger partial charge >= 0.3 is 11.7 Å². The van der Waals surface area contributed by atoms with E-state index in [-0.39, 0.29) is 6.42 Å². The molecule has 0 saturated carbocycles. The van der Waals surface area contributed by atoms with Crippen LogP contribution in [0.15, 0.2) is 12.1 Å². The Morgan fingerprint density at radius 1 is 1.52 bits per heavy atom. The van der Waals surface area contributed by atoms with Crippen LogP contribution in [0.3, 0.4) is 0 Å². The number of hydrogen-bond acceptors (Lipinski definition) is 5. The van der Waals surface area contributed by atoms with Gasteiger partial charge in [-0.3, -0.25) is 10.1 Å². The molecule has 9 heteroatoms. The molecule has 1 unspecified atom stereocenters. The minimum atomic E-state index is -1.37. The van der Waals surface area contributed by atoms with Crippen molar-refractivity contribution < 1.29 is 28.3 Å². The molecule has 1 atom stereocenters. The molecule has 0 aliphatic carbocycles. The van der Waals surface area contributed by atoms with Crippen LogP contribution in [-0.2, 0) is 9.53 Å². The number of nitro groups is 1. The lowest BCUT2D eigenvalue weighted by Gasteiger charge is -2.15. The summed E-state index contributed by atoms with van der Waals surface area (Å²) >= 11 is 0. The van der Waals surface area contributed by atoms with Crippen LogP contribution in [0.5, 0.6) is 0 Å².